The van der Waals surface area contributed by atoms with Crippen LogP contribution in [0.25, 0.3) is 67.6 Å². The zero-order valence-electron chi connectivity index (χ0n) is 72.6. The summed E-state index contributed by atoms with van der Waals surface area (Å²) in [5.41, 5.74) is 20.7. The van der Waals surface area contributed by atoms with Gasteiger partial charge in [-0.25, -0.2) is 19.9 Å². The van der Waals surface area contributed by atoms with Crippen LogP contribution in [0.5, 0.6) is 0 Å². The fourth-order valence-corrected chi connectivity index (χ4v) is 16.6. The fourth-order valence-electron chi connectivity index (χ4n) is 16.6. The number of fused-ring (bicyclic) bond motifs is 4. The Kier molecular flexibility index (Phi) is 26.1. The molecule has 0 unspecified atom stereocenters. The summed E-state index contributed by atoms with van der Waals surface area (Å²) in [7, 11) is 0. The summed E-state index contributed by atoms with van der Waals surface area (Å²) in [6, 6.07) is 80.1. The minimum atomic E-state index is -0.243. The highest BCUT2D eigenvalue weighted by atomic mass is 16.2. The Balaban J connectivity index is 0.000000119. The number of carbonyl (C=O) groups excluding carboxylic acids is 4. The zero-order chi connectivity index (χ0) is 91.0. The lowest BCUT2D eigenvalue weighted by molar-refractivity contribution is 0.0911. The van der Waals surface area contributed by atoms with Gasteiger partial charge in [0.25, 0.3) is 23.6 Å². The number of anilines is 8. The van der Waals surface area contributed by atoms with Crippen LogP contribution in [-0.2, 0) is 12.0 Å². The number of benzene rings is 6. The zero-order valence-corrected chi connectivity index (χ0v) is 72.6. The van der Waals surface area contributed by atoms with E-state index in [2.05, 4.69) is 119 Å². The molecule has 3 fully saturated rings. The number of hydrogen-bond donors (Lipinski definition) is 12. The largest absolute Gasteiger partial charge is 0.352 e. The van der Waals surface area contributed by atoms with E-state index in [1.54, 1.807) is 73.8 Å². The van der Waals surface area contributed by atoms with Crippen LogP contribution in [0.4, 0.5) is 45.5 Å². The Hall–Kier alpha value is -17.0. The average Bonchev–Trinajstić information content (AvgIpc) is 1.48. The maximum atomic E-state index is 12.9. The molecule has 0 spiro atoms. The van der Waals surface area contributed by atoms with Gasteiger partial charge in [0.1, 0.15) is 0 Å². The first kappa shape index (κ1) is 86.7. The predicted octanol–water partition coefficient (Wildman–Crippen LogP) is 18.2. The third kappa shape index (κ3) is 20.9. The first-order valence-corrected chi connectivity index (χ1v) is 44.5. The monoisotopic (exact) mass is 1760 g/mol. The number of unbranched alkanes of at least 4 members (excludes halogenated alkanes) is 1. The molecule has 12 aromatic heterocycles. The highest BCUT2D eigenvalue weighted by Crippen LogP contribution is 2.46. The molecule has 3 aliphatic rings. The van der Waals surface area contributed by atoms with Crippen molar-refractivity contribution in [2.75, 3.05) is 27.8 Å². The molecule has 12 N–H and O–H groups in total. The van der Waals surface area contributed by atoms with Crippen molar-refractivity contribution in [3.05, 3.63) is 404 Å². The van der Waals surface area contributed by atoms with Crippen molar-refractivity contribution in [3.8, 4) is 45.0 Å². The van der Waals surface area contributed by atoms with Crippen LogP contribution in [0.2, 0.25) is 0 Å². The van der Waals surface area contributed by atoms with Crippen LogP contribution >= 0.6 is 0 Å². The van der Waals surface area contributed by atoms with Crippen LogP contribution in [0.3, 0.4) is 0 Å². The van der Waals surface area contributed by atoms with Crippen molar-refractivity contribution < 1.29 is 19.2 Å². The first-order chi connectivity index (χ1) is 65.1. The molecule has 0 saturated heterocycles. The molecule has 28 nitrogen and oxygen atoms in total. The second-order valence-electron chi connectivity index (χ2n) is 33.1. The van der Waals surface area contributed by atoms with Gasteiger partial charge in [-0.1, -0.05) is 79.9 Å². The summed E-state index contributed by atoms with van der Waals surface area (Å²) in [5.74, 6) is -0.180. The summed E-state index contributed by atoms with van der Waals surface area (Å²) in [6.07, 6.45) is 34.9. The number of pyridine rings is 8. The van der Waals surface area contributed by atoms with Crippen LogP contribution in [0.1, 0.15) is 130 Å². The number of nitrogens with zero attached hydrogens (tertiary/aromatic N) is 8. The van der Waals surface area contributed by atoms with Gasteiger partial charge in [-0.15, -0.1) is 0 Å². The molecule has 664 valence electrons. The SMILES string of the molecule is O=C(NC1(c2ccccc2)CC1)c1ccc(Nc2ccc(-c3cc[nH]c(=O)c3)n3ccnc23)cc1.O=C(NC1CCC1)c1ccc(Nc2ccc(-c3cc[nH]c(=O)c3)n3ccnc23)cc1.O=C(NC1CCCCC1)c1ccc(Nc2ccc(-c3cc[nH]c(=O)c3)n3ccnc23)cc1.O=C(NCCCCc1ccccc1)c1ccc(Nc2ccc(-c3cc[nH]c(=O)c3)n3ccnc23)cc1. The Morgan fingerprint density at radius 2 is 0.662 bits per heavy atom. The maximum absolute atomic E-state index is 12.9. The van der Waals surface area contributed by atoms with Gasteiger partial charge >= 0.3 is 0 Å². The average molecular weight is 1770 g/mol. The van der Waals surface area contributed by atoms with Gasteiger partial charge < -0.3 is 62.5 Å². The van der Waals surface area contributed by atoms with Crippen molar-refractivity contribution in [2.45, 2.75) is 101 Å². The topological polar surface area (TPSA) is 365 Å². The number of carbonyl (C=O) groups is 4. The number of H-pyrrole nitrogens is 4. The summed E-state index contributed by atoms with van der Waals surface area (Å²) < 4.78 is 7.77. The minimum Gasteiger partial charge on any atom is -0.352 e. The number of rotatable bonds is 25. The van der Waals surface area contributed by atoms with Gasteiger partial charge in [-0.3, -0.25) is 56.0 Å². The molecule has 18 aromatic rings. The Morgan fingerprint density at radius 3 is 0.985 bits per heavy atom. The number of amides is 4. The van der Waals surface area contributed by atoms with E-state index in [1.165, 1.54) is 31.2 Å². The van der Waals surface area contributed by atoms with Crippen molar-refractivity contribution in [1.29, 1.82) is 0 Å². The van der Waals surface area contributed by atoms with Crippen molar-refractivity contribution in [2.24, 2.45) is 0 Å². The molecule has 21 rings (SSSR count). The molecule has 3 aliphatic carbocycles. The lowest BCUT2D eigenvalue weighted by Crippen LogP contribution is -2.39. The second-order valence-corrected chi connectivity index (χ2v) is 33.1. The molecule has 28 heteroatoms. The van der Waals surface area contributed by atoms with Gasteiger partial charge in [0.05, 0.1) is 51.1 Å². The molecule has 0 bridgehead atoms. The quantitative estimate of drug-likeness (QED) is 0.0237. The molecule has 0 radical (unpaired) electrons. The van der Waals surface area contributed by atoms with Gasteiger partial charge in [0.2, 0.25) is 22.2 Å². The smallest absolute Gasteiger partial charge is 0.251 e. The molecule has 0 aliphatic heterocycles. The molecule has 0 atom stereocenters. The molecule has 12 heterocycles. The third-order valence-electron chi connectivity index (χ3n) is 24.0. The highest BCUT2D eigenvalue weighted by Gasteiger charge is 2.45. The second kappa shape index (κ2) is 40.1. The van der Waals surface area contributed by atoms with E-state index < -0.39 is 0 Å². The minimum absolute atomic E-state index is 0.0127. The summed E-state index contributed by atoms with van der Waals surface area (Å²) >= 11 is 0. The standard InChI is InChI=1S/C29H27N5O2.C28H23N5O2.C25H25N5O2.C23H21N5O2/c35-27-20-23(15-17-30-27)26-14-13-25(28-31-18-19-34(26)28)33-24-11-9-22(10-12-24)29(36)32-16-5-4-8-21-6-2-1-3-7-21;34-25-18-20(12-15-29-25)24-11-10-23(26-30-16-17-33(24)26)31-22-8-6-19(7-9-22)27(35)32-28(13-14-28)21-4-2-1-3-5-21;31-23-16-18(12-13-26-23)22-11-10-21(24-27-14-15-30(22)24)28-20-8-6-17(7-9-20)25(32)29-19-4-2-1-3-5-19;29-21-14-16(10-11-24-21)20-9-8-19(22-25-12-13-28(20)22)26-18-6-4-15(5-7-18)23(30)27-17-2-1-3-17/h1-3,6-7,9-15,17-20,33H,4-5,8,16H2,(H,30,35)(H,32,36);1-12,15-18,31H,13-14H2,(H,29,34)(H,32,35);6-16,19,28H,1-5H2,(H,26,31)(H,29,32);4-14,17,26H,1-3H2,(H,24,29)(H,27,30). The van der Waals surface area contributed by atoms with Gasteiger partial charge in [0.15, 0.2) is 22.6 Å². The van der Waals surface area contributed by atoms with Crippen LogP contribution in [0.15, 0.2) is 348 Å². The highest BCUT2D eigenvalue weighted by molar-refractivity contribution is 5.98. The Labute approximate surface area is 763 Å². The van der Waals surface area contributed by atoms with Crippen LogP contribution < -0.4 is 64.8 Å². The van der Waals surface area contributed by atoms with Crippen molar-refractivity contribution in [3.63, 3.8) is 0 Å². The molecular weight excluding hydrogens is 1670 g/mol. The Morgan fingerprint density at radius 1 is 0.338 bits per heavy atom. The van der Waals surface area contributed by atoms with Crippen LogP contribution in [-0.4, -0.2) is 99.7 Å². The number of hydrogen-bond acceptors (Lipinski definition) is 16. The summed E-state index contributed by atoms with van der Waals surface area (Å²) in [5, 5.41) is 26.0. The number of aromatic nitrogens is 12. The fraction of sp³-hybridized carbons (Fsp3) is 0.162. The first-order valence-electron chi connectivity index (χ1n) is 44.5. The van der Waals surface area contributed by atoms with E-state index in [0.717, 1.165) is 176 Å². The van der Waals surface area contributed by atoms with E-state index in [-0.39, 0.29) is 51.4 Å². The number of nitrogens with one attached hydrogen (secondary N) is 12. The third-order valence-corrected chi connectivity index (χ3v) is 24.0. The van der Waals surface area contributed by atoms with E-state index in [9.17, 15) is 38.4 Å². The molecular formula is C105H96N20O8. The molecule has 3 saturated carbocycles. The lowest BCUT2D eigenvalue weighted by Gasteiger charge is -2.26. The normalized spacial score (nSPS) is 13.2. The summed E-state index contributed by atoms with van der Waals surface area (Å²) in [4.78, 5) is 126. The number of imidazole rings is 4. The van der Waals surface area contributed by atoms with E-state index in [1.807, 2.05) is 237 Å². The number of aryl methyl sites for hydroxylation is 1. The molecule has 6 aromatic carbocycles. The van der Waals surface area contributed by atoms with E-state index in [4.69, 9.17) is 0 Å². The van der Waals surface area contributed by atoms with Gasteiger partial charge in [-0.2, -0.15) is 0 Å². The predicted molar refractivity (Wildman–Crippen MR) is 520 cm³/mol. The van der Waals surface area contributed by atoms with Crippen molar-refractivity contribution >= 4 is 91.7 Å². The summed E-state index contributed by atoms with van der Waals surface area (Å²) in [6.45, 7) is 0.656. The number of aromatic amines is 4. The van der Waals surface area contributed by atoms with Crippen LogP contribution in [0, 0.1) is 0 Å². The maximum Gasteiger partial charge on any atom is 0.251 e. The van der Waals surface area contributed by atoms with E-state index >= 15 is 0 Å². The Bertz CT molecular complexity index is 7430. The van der Waals surface area contributed by atoms with E-state index in [0.29, 0.717) is 40.9 Å². The van der Waals surface area contributed by atoms with Gasteiger partial charge in [0, 0.05) is 185 Å². The van der Waals surface area contributed by atoms with Crippen molar-refractivity contribution in [1.82, 2.24) is 78.7 Å². The molecule has 133 heavy (non-hydrogen) atoms. The lowest BCUT2D eigenvalue weighted by atomic mass is 9.93. The molecule has 4 amide bonds. The van der Waals surface area contributed by atoms with Gasteiger partial charge in [-0.05, 0) is 245 Å².